The fourth-order valence-corrected chi connectivity index (χ4v) is 2.75. The molecule has 4 heterocycles. The minimum Gasteiger partial charge on any atom is -0.261 e. The van der Waals surface area contributed by atoms with Gasteiger partial charge in [-0.05, 0) is 19.1 Å². The highest BCUT2D eigenvalue weighted by atomic mass is 32.1. The Morgan fingerprint density at radius 3 is 3.15 bits per heavy atom. The molecule has 0 aromatic carbocycles. The van der Waals surface area contributed by atoms with Crippen LogP contribution in [0.2, 0.25) is 0 Å². The van der Waals surface area contributed by atoms with Crippen LogP contribution in [0.4, 0.5) is 0 Å². The van der Waals surface area contributed by atoms with Gasteiger partial charge in [0.2, 0.25) is 0 Å². The lowest BCUT2D eigenvalue weighted by Gasteiger charge is -2.04. The first-order chi connectivity index (χ1) is 9.81. The van der Waals surface area contributed by atoms with Crippen LogP contribution in [0.5, 0.6) is 0 Å². The van der Waals surface area contributed by atoms with Gasteiger partial charge < -0.3 is 0 Å². The monoisotopic (exact) mass is 282 g/mol. The summed E-state index contributed by atoms with van der Waals surface area (Å²) in [6.45, 7) is 1.95. The summed E-state index contributed by atoms with van der Waals surface area (Å²) in [6, 6.07) is 3.96. The first-order valence-electron chi connectivity index (χ1n) is 6.08. The lowest BCUT2D eigenvalue weighted by molar-refractivity contribution is 0.887. The third kappa shape index (κ3) is 1.71. The number of pyridine rings is 1. The van der Waals surface area contributed by atoms with Crippen molar-refractivity contribution in [3.8, 4) is 16.4 Å². The third-order valence-electron chi connectivity index (χ3n) is 3.02. The summed E-state index contributed by atoms with van der Waals surface area (Å²) in [5.74, 6) is 0. The molecule has 0 saturated carbocycles. The van der Waals surface area contributed by atoms with Gasteiger partial charge in [0.15, 0.2) is 5.65 Å². The molecule has 0 aliphatic rings. The zero-order chi connectivity index (χ0) is 13.5. The second-order valence-electron chi connectivity index (χ2n) is 4.40. The van der Waals surface area contributed by atoms with E-state index in [2.05, 4.69) is 25.3 Å². The molecule has 0 aliphatic heterocycles. The number of aromatic amines is 1. The van der Waals surface area contributed by atoms with E-state index < -0.39 is 0 Å². The maximum absolute atomic E-state index is 4.59. The maximum atomic E-state index is 4.59. The van der Waals surface area contributed by atoms with Gasteiger partial charge in [0.05, 0.1) is 17.3 Å². The van der Waals surface area contributed by atoms with Gasteiger partial charge in [-0.2, -0.15) is 10.2 Å². The molecule has 0 atom stereocenters. The smallest absolute Gasteiger partial charge is 0.157 e. The molecule has 0 bridgehead atoms. The standard InChI is InChI=1S/C13H10N6S/c1-8-6-11(9-7-15-17-12(9)16-8)19-4-2-10(18-19)13-14-3-5-20-13/h2-7H,1H3,(H,15,16,17). The highest BCUT2D eigenvalue weighted by Crippen LogP contribution is 2.23. The van der Waals surface area contributed by atoms with Crippen LogP contribution < -0.4 is 0 Å². The van der Waals surface area contributed by atoms with E-state index in [1.54, 1.807) is 23.7 Å². The van der Waals surface area contributed by atoms with Gasteiger partial charge in [0.25, 0.3) is 0 Å². The topological polar surface area (TPSA) is 72.3 Å². The largest absolute Gasteiger partial charge is 0.261 e. The van der Waals surface area contributed by atoms with E-state index in [-0.39, 0.29) is 0 Å². The molecule has 0 spiro atoms. The fraction of sp³-hybridized carbons (Fsp3) is 0.0769. The number of H-pyrrole nitrogens is 1. The fourth-order valence-electron chi connectivity index (χ4n) is 2.15. The molecule has 0 aliphatic carbocycles. The van der Waals surface area contributed by atoms with Gasteiger partial charge >= 0.3 is 0 Å². The van der Waals surface area contributed by atoms with Crippen molar-refractivity contribution in [2.45, 2.75) is 6.92 Å². The summed E-state index contributed by atoms with van der Waals surface area (Å²) in [7, 11) is 0. The second-order valence-corrected chi connectivity index (χ2v) is 5.29. The third-order valence-corrected chi connectivity index (χ3v) is 3.81. The van der Waals surface area contributed by atoms with Crippen LogP contribution >= 0.6 is 11.3 Å². The normalized spacial score (nSPS) is 11.2. The van der Waals surface area contributed by atoms with E-state index in [0.717, 1.165) is 33.1 Å². The number of nitrogens with zero attached hydrogens (tertiary/aromatic N) is 5. The molecule has 6 nitrogen and oxygen atoms in total. The van der Waals surface area contributed by atoms with Crippen LogP contribution in [0.3, 0.4) is 0 Å². The van der Waals surface area contributed by atoms with Crippen LogP contribution in [0, 0.1) is 6.92 Å². The minimum absolute atomic E-state index is 0.770. The Kier molecular flexibility index (Phi) is 2.40. The lowest BCUT2D eigenvalue weighted by Crippen LogP contribution is -1.98. The number of aromatic nitrogens is 6. The van der Waals surface area contributed by atoms with Crippen molar-refractivity contribution in [1.82, 2.24) is 29.9 Å². The number of fused-ring (bicyclic) bond motifs is 1. The first kappa shape index (κ1) is 11.3. The van der Waals surface area contributed by atoms with Gasteiger partial charge in [0, 0.05) is 23.5 Å². The van der Waals surface area contributed by atoms with Crippen molar-refractivity contribution < 1.29 is 0 Å². The molecule has 7 heteroatoms. The quantitative estimate of drug-likeness (QED) is 0.613. The number of nitrogens with one attached hydrogen (secondary N) is 1. The minimum atomic E-state index is 0.770. The van der Waals surface area contributed by atoms with Crippen LogP contribution in [0.15, 0.2) is 36.1 Å². The Bertz CT molecular complexity index is 873. The van der Waals surface area contributed by atoms with Gasteiger partial charge in [-0.3, -0.25) is 5.10 Å². The van der Waals surface area contributed by atoms with Gasteiger partial charge in [-0.15, -0.1) is 11.3 Å². The predicted octanol–water partition coefficient (Wildman–Crippen LogP) is 2.58. The lowest BCUT2D eigenvalue weighted by atomic mass is 10.2. The van der Waals surface area contributed by atoms with Crippen molar-refractivity contribution in [3.63, 3.8) is 0 Å². The number of hydrogen-bond acceptors (Lipinski definition) is 5. The van der Waals surface area contributed by atoms with E-state index in [1.165, 1.54) is 0 Å². The van der Waals surface area contributed by atoms with Gasteiger partial charge in [0.1, 0.15) is 10.7 Å². The van der Waals surface area contributed by atoms with Crippen LogP contribution in [-0.4, -0.2) is 29.9 Å². The SMILES string of the molecule is Cc1cc(-n2ccc(-c3nccs3)n2)c2cn[nH]c2n1. The molecule has 0 fully saturated rings. The molecule has 0 unspecified atom stereocenters. The molecule has 4 aromatic heterocycles. The average molecular weight is 282 g/mol. The molecular weight excluding hydrogens is 272 g/mol. The zero-order valence-electron chi connectivity index (χ0n) is 10.6. The van der Waals surface area contributed by atoms with Crippen molar-refractivity contribution in [3.05, 3.63) is 41.8 Å². The van der Waals surface area contributed by atoms with Crippen LogP contribution in [0.1, 0.15) is 5.69 Å². The van der Waals surface area contributed by atoms with E-state index in [4.69, 9.17) is 0 Å². The first-order valence-corrected chi connectivity index (χ1v) is 6.96. The highest BCUT2D eigenvalue weighted by Gasteiger charge is 2.11. The Hall–Kier alpha value is -2.54. The molecule has 0 amide bonds. The van der Waals surface area contributed by atoms with Crippen molar-refractivity contribution in [2.24, 2.45) is 0 Å². The van der Waals surface area contributed by atoms with E-state index in [1.807, 2.05) is 35.3 Å². The van der Waals surface area contributed by atoms with Crippen molar-refractivity contribution in [2.75, 3.05) is 0 Å². The summed E-state index contributed by atoms with van der Waals surface area (Å²) in [5.41, 5.74) is 3.52. The molecular formula is C13H10N6S. The van der Waals surface area contributed by atoms with E-state index >= 15 is 0 Å². The van der Waals surface area contributed by atoms with Crippen LogP contribution in [0.25, 0.3) is 27.4 Å². The molecule has 1 N–H and O–H groups in total. The second kappa shape index (κ2) is 4.24. The summed E-state index contributed by atoms with van der Waals surface area (Å²) in [4.78, 5) is 8.68. The Labute approximate surface area is 118 Å². The van der Waals surface area contributed by atoms with Crippen molar-refractivity contribution in [1.29, 1.82) is 0 Å². The summed E-state index contributed by atoms with van der Waals surface area (Å²) in [6.07, 6.45) is 5.48. The Morgan fingerprint density at radius 2 is 2.30 bits per heavy atom. The zero-order valence-corrected chi connectivity index (χ0v) is 11.4. The van der Waals surface area contributed by atoms with E-state index in [9.17, 15) is 0 Å². The molecule has 20 heavy (non-hydrogen) atoms. The molecule has 0 saturated heterocycles. The average Bonchev–Trinajstić information content (AvgIpc) is 3.18. The number of rotatable bonds is 2. The summed E-state index contributed by atoms with van der Waals surface area (Å²) >= 11 is 1.58. The molecule has 4 rings (SSSR count). The maximum Gasteiger partial charge on any atom is 0.157 e. The number of thiazole rings is 1. The summed E-state index contributed by atoms with van der Waals surface area (Å²) < 4.78 is 1.84. The van der Waals surface area contributed by atoms with Crippen molar-refractivity contribution >= 4 is 22.4 Å². The van der Waals surface area contributed by atoms with Gasteiger partial charge in [-0.1, -0.05) is 0 Å². The Balaban J connectivity index is 1.89. The number of aryl methyl sites for hydroxylation is 1. The molecule has 98 valence electrons. The van der Waals surface area contributed by atoms with Gasteiger partial charge in [-0.25, -0.2) is 14.6 Å². The van der Waals surface area contributed by atoms with E-state index in [0.29, 0.717) is 0 Å². The molecule has 4 aromatic rings. The molecule has 0 radical (unpaired) electrons. The highest BCUT2D eigenvalue weighted by molar-refractivity contribution is 7.13. The van der Waals surface area contributed by atoms with Crippen LogP contribution in [-0.2, 0) is 0 Å². The Morgan fingerprint density at radius 1 is 1.35 bits per heavy atom. The summed E-state index contributed by atoms with van der Waals surface area (Å²) in [5, 5.41) is 15.3. The number of hydrogen-bond donors (Lipinski definition) is 1. The predicted molar refractivity (Wildman–Crippen MR) is 76.9 cm³/mol.